The van der Waals surface area contributed by atoms with Crippen molar-refractivity contribution in [3.63, 3.8) is 0 Å². The van der Waals surface area contributed by atoms with Gasteiger partial charge in [-0.3, -0.25) is 0 Å². The topological polar surface area (TPSA) is 87.5 Å². The lowest BCUT2D eigenvalue weighted by atomic mass is 10.1. The molecule has 0 atom stereocenters. The first-order chi connectivity index (χ1) is 12.2. The van der Waals surface area contributed by atoms with E-state index in [0.717, 1.165) is 27.9 Å². The predicted molar refractivity (Wildman–Crippen MR) is 106 cm³/mol. The maximum absolute atomic E-state index is 12.4. The summed E-state index contributed by atoms with van der Waals surface area (Å²) >= 11 is 5.05. The molecule has 3 rings (SSSR count). The van der Waals surface area contributed by atoms with E-state index in [1.54, 1.807) is 31.2 Å². The fourth-order valence-electron chi connectivity index (χ4n) is 2.69. The van der Waals surface area contributed by atoms with Crippen LogP contribution in [0, 0.1) is 25.6 Å². The van der Waals surface area contributed by atoms with E-state index in [1.807, 2.05) is 26.8 Å². The summed E-state index contributed by atoms with van der Waals surface area (Å²) in [5.41, 5.74) is 4.95. The van der Waals surface area contributed by atoms with Crippen molar-refractivity contribution >= 4 is 44.9 Å². The molecular weight excluding hydrogens is 370 g/mol. The van der Waals surface area contributed by atoms with Gasteiger partial charge in [-0.1, -0.05) is 17.7 Å². The second-order valence-electron chi connectivity index (χ2n) is 6.17. The molecule has 26 heavy (non-hydrogen) atoms. The fourth-order valence-corrected chi connectivity index (χ4v) is 3.86. The molecule has 8 heteroatoms. The molecule has 0 amide bonds. The lowest BCUT2D eigenvalue weighted by Gasteiger charge is -2.11. The van der Waals surface area contributed by atoms with Crippen LogP contribution < -0.4 is 5.32 Å². The van der Waals surface area contributed by atoms with E-state index in [9.17, 15) is 8.42 Å². The first-order valence-electron chi connectivity index (χ1n) is 7.95. The number of rotatable bonds is 3. The van der Waals surface area contributed by atoms with Crippen molar-refractivity contribution in [2.24, 2.45) is 4.40 Å². The molecule has 0 aliphatic heterocycles. The fraction of sp³-hybridized carbons (Fsp3) is 0.222. The van der Waals surface area contributed by atoms with E-state index < -0.39 is 10.0 Å². The van der Waals surface area contributed by atoms with Gasteiger partial charge in [-0.25, -0.2) is 0 Å². The summed E-state index contributed by atoms with van der Waals surface area (Å²) < 4.78 is 34.3. The summed E-state index contributed by atoms with van der Waals surface area (Å²) in [6.07, 6.45) is 0. The van der Waals surface area contributed by atoms with Gasteiger partial charge in [-0.05, 0) is 69.2 Å². The van der Waals surface area contributed by atoms with Crippen LogP contribution >= 0.6 is 12.2 Å². The number of H-pyrrole nitrogens is 1. The molecule has 1 aromatic heterocycles. The number of nitrogens with one attached hydrogen (secondary N) is 2. The van der Waals surface area contributed by atoms with Crippen LogP contribution in [0.2, 0.25) is 0 Å². The van der Waals surface area contributed by atoms with Crippen LogP contribution in [0.3, 0.4) is 0 Å². The van der Waals surface area contributed by atoms with Crippen molar-refractivity contribution in [3.05, 3.63) is 51.9 Å². The number of fused-ring (bicyclic) bond motifs is 1. The van der Waals surface area contributed by atoms with Crippen molar-refractivity contribution in [1.29, 1.82) is 0 Å². The van der Waals surface area contributed by atoms with Crippen LogP contribution in [-0.4, -0.2) is 19.2 Å². The largest absolute Gasteiger partial charge is 0.429 e. The third-order valence-corrected chi connectivity index (χ3v) is 5.61. The number of amidine groups is 1. The number of hydrogen-bond acceptors (Lipinski definition) is 4. The minimum atomic E-state index is -3.78. The summed E-state index contributed by atoms with van der Waals surface area (Å²) in [4.78, 5) is 3.47. The van der Waals surface area contributed by atoms with E-state index in [2.05, 4.69) is 14.7 Å². The Hall–Kier alpha value is -2.45. The van der Waals surface area contributed by atoms with Crippen LogP contribution in [-0.2, 0) is 10.0 Å². The zero-order chi connectivity index (χ0) is 19.1. The first-order valence-corrected chi connectivity index (χ1v) is 9.80. The Labute approximate surface area is 157 Å². The first kappa shape index (κ1) is 18.3. The molecule has 136 valence electrons. The van der Waals surface area contributed by atoms with Gasteiger partial charge in [0.2, 0.25) is 0 Å². The van der Waals surface area contributed by atoms with Gasteiger partial charge < -0.3 is 14.7 Å². The molecule has 0 bridgehead atoms. The molecule has 0 aliphatic carbocycles. The highest BCUT2D eigenvalue weighted by Crippen LogP contribution is 2.28. The van der Waals surface area contributed by atoms with Crippen LogP contribution in [0.4, 0.5) is 5.69 Å². The number of oxazole rings is 1. The normalized spacial score (nSPS) is 12.5. The Kier molecular flexibility index (Phi) is 4.72. The SMILES string of the molecule is CC(=NS(=O)(=O)c1ccc(C)cc1)Nc1cc(C)c2oc(=S)[nH]c2c1C. The number of anilines is 1. The number of aryl methyl sites for hydroxylation is 3. The van der Waals surface area contributed by atoms with Crippen molar-refractivity contribution < 1.29 is 12.8 Å². The maximum Gasteiger partial charge on any atom is 0.283 e. The Morgan fingerprint density at radius 1 is 1.19 bits per heavy atom. The second kappa shape index (κ2) is 6.69. The molecule has 2 N–H and O–H groups in total. The number of hydrogen-bond donors (Lipinski definition) is 2. The molecule has 0 saturated heterocycles. The van der Waals surface area contributed by atoms with Crippen LogP contribution in [0.25, 0.3) is 11.1 Å². The molecule has 6 nitrogen and oxygen atoms in total. The molecule has 0 spiro atoms. The van der Waals surface area contributed by atoms with Gasteiger partial charge in [0.05, 0.1) is 10.4 Å². The summed E-state index contributed by atoms with van der Waals surface area (Å²) in [5, 5.41) is 3.06. The summed E-state index contributed by atoms with van der Waals surface area (Å²) in [6.45, 7) is 7.30. The van der Waals surface area contributed by atoms with Crippen LogP contribution in [0.5, 0.6) is 0 Å². The maximum atomic E-state index is 12.4. The van der Waals surface area contributed by atoms with Crippen molar-refractivity contribution in [2.75, 3.05) is 5.32 Å². The zero-order valence-corrected chi connectivity index (χ0v) is 16.5. The van der Waals surface area contributed by atoms with Crippen molar-refractivity contribution in [3.8, 4) is 0 Å². The third kappa shape index (κ3) is 3.56. The van der Waals surface area contributed by atoms with Gasteiger partial charge in [0.25, 0.3) is 14.9 Å². The highest BCUT2D eigenvalue weighted by Gasteiger charge is 2.15. The van der Waals surface area contributed by atoms with E-state index >= 15 is 0 Å². The van der Waals surface area contributed by atoms with Crippen molar-refractivity contribution in [1.82, 2.24) is 4.98 Å². The Morgan fingerprint density at radius 3 is 2.50 bits per heavy atom. The van der Waals surface area contributed by atoms with Gasteiger partial charge in [-0.2, -0.15) is 8.42 Å². The highest BCUT2D eigenvalue weighted by molar-refractivity contribution is 7.90. The average Bonchev–Trinajstić information content (AvgIpc) is 2.95. The van der Waals surface area contributed by atoms with Gasteiger partial charge in [-0.15, -0.1) is 4.40 Å². The Balaban J connectivity index is 1.97. The van der Waals surface area contributed by atoms with Crippen LogP contribution in [0.1, 0.15) is 23.6 Å². The number of aromatic amines is 1. The number of sulfonamides is 1. The smallest absolute Gasteiger partial charge is 0.283 e. The molecule has 0 aliphatic rings. The molecule has 1 heterocycles. The third-order valence-electron chi connectivity index (χ3n) is 4.04. The lowest BCUT2D eigenvalue weighted by molar-refractivity contribution is 0.581. The van der Waals surface area contributed by atoms with E-state index in [0.29, 0.717) is 10.4 Å². The minimum Gasteiger partial charge on any atom is -0.429 e. The van der Waals surface area contributed by atoms with Gasteiger partial charge in [0.1, 0.15) is 5.84 Å². The predicted octanol–water partition coefficient (Wildman–Crippen LogP) is 4.63. The minimum absolute atomic E-state index is 0.159. The average molecular weight is 390 g/mol. The zero-order valence-electron chi connectivity index (χ0n) is 14.9. The standard InChI is InChI=1S/C18H19N3O3S2/c1-10-5-7-14(8-6-10)26(22,23)21-13(4)19-15-9-11(2)17-16(12(15)3)20-18(25)24-17/h5-9H,1-4H3,(H,19,21)(H,20,25). The number of aromatic nitrogens is 1. The monoisotopic (exact) mass is 389 g/mol. The molecule has 0 saturated carbocycles. The molecular formula is C18H19N3O3S2. The second-order valence-corrected chi connectivity index (χ2v) is 8.15. The van der Waals surface area contributed by atoms with Crippen LogP contribution in [0.15, 0.2) is 44.0 Å². The molecule has 2 aromatic carbocycles. The summed E-state index contributed by atoms with van der Waals surface area (Å²) in [6, 6.07) is 8.46. The Morgan fingerprint density at radius 2 is 1.85 bits per heavy atom. The van der Waals surface area contributed by atoms with E-state index in [4.69, 9.17) is 16.6 Å². The summed E-state index contributed by atoms with van der Waals surface area (Å²) in [5.74, 6) is 0.273. The van der Waals surface area contributed by atoms with E-state index in [1.165, 1.54) is 0 Å². The highest BCUT2D eigenvalue weighted by atomic mass is 32.2. The number of benzene rings is 2. The van der Waals surface area contributed by atoms with Gasteiger partial charge in [0.15, 0.2) is 5.58 Å². The number of nitrogens with zero attached hydrogens (tertiary/aromatic N) is 1. The van der Waals surface area contributed by atoms with Gasteiger partial charge in [0, 0.05) is 5.69 Å². The summed E-state index contributed by atoms with van der Waals surface area (Å²) in [7, 11) is -3.78. The lowest BCUT2D eigenvalue weighted by Crippen LogP contribution is -2.12. The molecule has 3 aromatic rings. The molecule has 0 fully saturated rings. The molecule has 0 unspecified atom stereocenters. The van der Waals surface area contributed by atoms with Gasteiger partial charge >= 0.3 is 0 Å². The van der Waals surface area contributed by atoms with Crippen molar-refractivity contribution in [2.45, 2.75) is 32.6 Å². The Bertz CT molecular complexity index is 1170. The quantitative estimate of drug-likeness (QED) is 0.387. The van der Waals surface area contributed by atoms with E-state index in [-0.39, 0.29) is 10.7 Å². The molecule has 0 radical (unpaired) electrons.